The molecule has 0 unspecified atom stereocenters. The normalized spacial score (nSPS) is 11.5. The van der Waals surface area contributed by atoms with Crippen molar-refractivity contribution in [1.29, 1.82) is 0 Å². The van der Waals surface area contributed by atoms with Gasteiger partial charge in [-0.25, -0.2) is 10.2 Å². The molecule has 26 heavy (non-hydrogen) atoms. The molecule has 3 rings (SSSR count). The van der Waals surface area contributed by atoms with Crippen molar-refractivity contribution in [3.8, 4) is 5.75 Å². The highest BCUT2D eigenvalue weighted by molar-refractivity contribution is 5.83. The molecule has 0 fully saturated rings. The van der Waals surface area contributed by atoms with Crippen molar-refractivity contribution in [2.24, 2.45) is 19.2 Å². The number of rotatable bonds is 5. The molecule has 2 aromatic heterocycles. The molecule has 0 spiro atoms. The van der Waals surface area contributed by atoms with Crippen LogP contribution in [0.25, 0.3) is 11.2 Å². The summed E-state index contributed by atoms with van der Waals surface area (Å²) in [5, 5.41) is 13.9. The fourth-order valence-electron chi connectivity index (χ4n) is 2.73. The number of aryl methyl sites for hydroxylation is 2. The summed E-state index contributed by atoms with van der Waals surface area (Å²) in [6, 6.07) is 6.78. The third-order valence-corrected chi connectivity index (χ3v) is 4.10. The molecule has 0 radical (unpaired) electrons. The number of phenols is 1. The first kappa shape index (κ1) is 17.5. The van der Waals surface area contributed by atoms with E-state index in [4.69, 9.17) is 0 Å². The molecule has 0 aliphatic rings. The third-order valence-electron chi connectivity index (χ3n) is 4.10. The van der Waals surface area contributed by atoms with Crippen molar-refractivity contribution in [2.75, 3.05) is 5.43 Å². The van der Waals surface area contributed by atoms with Gasteiger partial charge in [-0.2, -0.15) is 10.1 Å². The second kappa shape index (κ2) is 6.87. The number of anilines is 1. The Balaban J connectivity index is 2.08. The first-order chi connectivity index (χ1) is 12.5. The second-order valence-electron chi connectivity index (χ2n) is 5.89. The van der Waals surface area contributed by atoms with Crippen molar-refractivity contribution in [1.82, 2.24) is 18.7 Å². The molecule has 2 N–H and O–H groups in total. The molecule has 3 aromatic rings. The number of hydrogen-bond acceptors (Lipinski definition) is 6. The van der Waals surface area contributed by atoms with Gasteiger partial charge in [-0.3, -0.25) is 13.9 Å². The number of phenolic OH excluding ortho intramolecular Hbond substituents is 1. The van der Waals surface area contributed by atoms with Crippen LogP contribution in [0.15, 0.2) is 39.0 Å². The molecule has 0 saturated carbocycles. The lowest BCUT2D eigenvalue weighted by atomic mass is 10.2. The number of fused-ring (bicyclic) bond motifs is 1. The van der Waals surface area contributed by atoms with Crippen LogP contribution in [0.1, 0.15) is 18.9 Å². The van der Waals surface area contributed by atoms with Gasteiger partial charge in [0.05, 0.1) is 6.21 Å². The van der Waals surface area contributed by atoms with Crippen LogP contribution in [-0.4, -0.2) is 30.0 Å². The Morgan fingerprint density at radius 2 is 1.96 bits per heavy atom. The topological polar surface area (TPSA) is 106 Å². The minimum absolute atomic E-state index is 0.108. The quantitative estimate of drug-likeness (QED) is 0.524. The van der Waals surface area contributed by atoms with Crippen LogP contribution >= 0.6 is 0 Å². The molecule has 0 saturated heterocycles. The molecular formula is C17H20N6O3. The molecule has 0 aliphatic carbocycles. The summed E-state index contributed by atoms with van der Waals surface area (Å²) in [5.41, 5.74) is 3.15. The van der Waals surface area contributed by atoms with E-state index in [9.17, 15) is 14.7 Å². The van der Waals surface area contributed by atoms with Crippen LogP contribution in [0.2, 0.25) is 0 Å². The van der Waals surface area contributed by atoms with Gasteiger partial charge in [0.15, 0.2) is 11.2 Å². The Kier molecular flexibility index (Phi) is 4.61. The highest BCUT2D eigenvalue weighted by atomic mass is 16.3. The molecule has 1 aromatic carbocycles. The van der Waals surface area contributed by atoms with Gasteiger partial charge in [0.2, 0.25) is 5.95 Å². The first-order valence-electron chi connectivity index (χ1n) is 8.19. The molecule has 0 amide bonds. The molecule has 0 atom stereocenters. The molecule has 2 heterocycles. The van der Waals surface area contributed by atoms with Crippen molar-refractivity contribution in [3.05, 3.63) is 50.7 Å². The van der Waals surface area contributed by atoms with Gasteiger partial charge in [0.25, 0.3) is 5.56 Å². The lowest BCUT2D eigenvalue weighted by molar-refractivity contribution is 0.474. The number of nitrogens with one attached hydrogen (secondary N) is 1. The van der Waals surface area contributed by atoms with E-state index in [1.54, 1.807) is 35.9 Å². The van der Waals surface area contributed by atoms with Gasteiger partial charge in [0, 0.05) is 26.2 Å². The van der Waals surface area contributed by atoms with E-state index < -0.39 is 11.2 Å². The fraction of sp³-hybridized carbons (Fsp3) is 0.294. The minimum atomic E-state index is -0.437. The Morgan fingerprint density at radius 3 is 2.65 bits per heavy atom. The van der Waals surface area contributed by atoms with Crippen molar-refractivity contribution < 1.29 is 5.11 Å². The lowest BCUT2D eigenvalue weighted by Crippen LogP contribution is -2.37. The van der Waals surface area contributed by atoms with E-state index >= 15 is 0 Å². The zero-order chi connectivity index (χ0) is 18.8. The predicted molar refractivity (Wildman–Crippen MR) is 99.8 cm³/mol. The third kappa shape index (κ3) is 2.87. The van der Waals surface area contributed by atoms with Gasteiger partial charge in [-0.05, 0) is 18.6 Å². The molecule has 0 bridgehead atoms. The van der Waals surface area contributed by atoms with E-state index in [0.717, 1.165) is 11.0 Å². The Morgan fingerprint density at radius 1 is 1.23 bits per heavy atom. The number of hydrazone groups is 1. The van der Waals surface area contributed by atoms with Gasteiger partial charge >= 0.3 is 5.69 Å². The number of aromatic hydroxyl groups is 1. The van der Waals surface area contributed by atoms with Crippen LogP contribution in [0.5, 0.6) is 5.75 Å². The number of hydrogen-bond donors (Lipinski definition) is 2. The monoisotopic (exact) mass is 356 g/mol. The van der Waals surface area contributed by atoms with Gasteiger partial charge in [-0.15, -0.1) is 0 Å². The maximum absolute atomic E-state index is 12.5. The zero-order valence-electron chi connectivity index (χ0n) is 14.8. The molecule has 9 heteroatoms. The smallest absolute Gasteiger partial charge is 0.332 e. The number of imidazole rings is 1. The largest absolute Gasteiger partial charge is 0.507 e. The highest BCUT2D eigenvalue weighted by Crippen LogP contribution is 2.17. The molecule has 136 valence electrons. The summed E-state index contributed by atoms with van der Waals surface area (Å²) in [5.74, 6) is 0.461. The minimum Gasteiger partial charge on any atom is -0.507 e. The second-order valence-corrected chi connectivity index (χ2v) is 5.89. The summed E-state index contributed by atoms with van der Waals surface area (Å²) in [7, 11) is 3.01. The summed E-state index contributed by atoms with van der Waals surface area (Å²) >= 11 is 0. The average molecular weight is 356 g/mol. The maximum atomic E-state index is 12.5. The number of para-hydroxylation sites is 1. The molecule has 0 aliphatic heterocycles. The van der Waals surface area contributed by atoms with Crippen LogP contribution < -0.4 is 16.7 Å². The summed E-state index contributed by atoms with van der Waals surface area (Å²) in [6.07, 6.45) is 2.23. The van der Waals surface area contributed by atoms with Crippen molar-refractivity contribution in [3.63, 3.8) is 0 Å². The predicted octanol–water partition coefficient (Wildman–Crippen LogP) is 0.995. The van der Waals surface area contributed by atoms with Crippen LogP contribution in [-0.2, 0) is 20.6 Å². The maximum Gasteiger partial charge on any atom is 0.332 e. The van der Waals surface area contributed by atoms with Gasteiger partial charge < -0.3 is 9.67 Å². The van der Waals surface area contributed by atoms with Crippen molar-refractivity contribution in [2.45, 2.75) is 19.9 Å². The Hall–Kier alpha value is -3.36. The van der Waals surface area contributed by atoms with E-state index in [-0.39, 0.29) is 5.75 Å². The summed E-state index contributed by atoms with van der Waals surface area (Å²) in [4.78, 5) is 29.0. The van der Waals surface area contributed by atoms with E-state index in [1.165, 1.54) is 17.8 Å². The first-order valence-corrected chi connectivity index (χ1v) is 8.19. The zero-order valence-corrected chi connectivity index (χ0v) is 14.8. The Labute approximate surface area is 148 Å². The lowest BCUT2D eigenvalue weighted by Gasteiger charge is -2.07. The van der Waals surface area contributed by atoms with Crippen LogP contribution in [0, 0.1) is 0 Å². The summed E-state index contributed by atoms with van der Waals surface area (Å²) in [6.45, 7) is 2.52. The van der Waals surface area contributed by atoms with Crippen LogP contribution in [0.3, 0.4) is 0 Å². The average Bonchev–Trinajstić information content (AvgIpc) is 2.99. The number of aromatic nitrogens is 4. The van der Waals surface area contributed by atoms with Crippen LogP contribution in [0.4, 0.5) is 5.95 Å². The van der Waals surface area contributed by atoms with Gasteiger partial charge in [0.1, 0.15) is 5.75 Å². The summed E-state index contributed by atoms with van der Waals surface area (Å²) < 4.78 is 4.10. The van der Waals surface area contributed by atoms with Gasteiger partial charge in [-0.1, -0.05) is 19.1 Å². The van der Waals surface area contributed by atoms with Crippen molar-refractivity contribution >= 4 is 23.3 Å². The van der Waals surface area contributed by atoms with E-state index in [1.807, 2.05) is 6.92 Å². The van der Waals surface area contributed by atoms with E-state index in [2.05, 4.69) is 15.5 Å². The Bertz CT molecular complexity index is 1110. The number of benzene rings is 1. The number of nitrogens with zero attached hydrogens (tertiary/aromatic N) is 5. The highest BCUT2D eigenvalue weighted by Gasteiger charge is 2.18. The molecule has 9 nitrogen and oxygen atoms in total. The fourth-order valence-corrected chi connectivity index (χ4v) is 2.73. The standard InChI is InChI=1S/C17H20N6O3/c1-4-9-23-13-14(21(2)17(26)22(3)15(13)25)19-16(23)20-18-10-11-7-5-6-8-12(11)24/h5-8,10,24H,4,9H2,1-3H3,(H,19,20). The van der Waals surface area contributed by atoms with E-state index in [0.29, 0.717) is 29.2 Å². The SMILES string of the molecule is CCCn1c(NN=Cc2ccccc2O)nc2c1c(=O)n(C)c(=O)n2C. The molecular weight excluding hydrogens is 336 g/mol.